The van der Waals surface area contributed by atoms with Gasteiger partial charge in [0.1, 0.15) is 24.0 Å². The van der Waals surface area contributed by atoms with Crippen LogP contribution in [0.2, 0.25) is 0 Å². The zero-order valence-electron chi connectivity index (χ0n) is 12.1. The fourth-order valence-electron chi connectivity index (χ4n) is 1.70. The third-order valence-electron chi connectivity index (χ3n) is 2.79. The highest BCUT2D eigenvalue weighted by Gasteiger charge is 2.16. The molecule has 112 valence electrons. The summed E-state index contributed by atoms with van der Waals surface area (Å²) in [6.45, 7) is 4.68. The molecule has 1 unspecified atom stereocenters. The Balaban J connectivity index is 2.70. The highest BCUT2D eigenvalue weighted by Crippen LogP contribution is 2.20. The fourth-order valence-corrected chi connectivity index (χ4v) is 1.70. The van der Waals surface area contributed by atoms with E-state index in [0.29, 0.717) is 31.2 Å². The van der Waals surface area contributed by atoms with E-state index in [4.69, 9.17) is 10.6 Å². The Morgan fingerprint density at radius 3 is 2.75 bits per heavy atom. The number of nitrogens with zero attached hydrogens (tertiary/aromatic N) is 2. The Morgan fingerprint density at radius 2 is 2.15 bits per heavy atom. The summed E-state index contributed by atoms with van der Waals surface area (Å²) in [6.07, 6.45) is 2.09. The predicted octanol–water partition coefficient (Wildman–Crippen LogP) is -0.112. The molecule has 1 aromatic rings. The Bertz CT molecular complexity index is 440. The quantitative estimate of drug-likeness (QED) is 0.299. The van der Waals surface area contributed by atoms with Gasteiger partial charge < -0.3 is 20.8 Å². The summed E-state index contributed by atoms with van der Waals surface area (Å²) < 4.78 is 4.88. The summed E-state index contributed by atoms with van der Waals surface area (Å²) in [6, 6.07) is -0.419. The van der Waals surface area contributed by atoms with Crippen LogP contribution in [0.3, 0.4) is 0 Å². The van der Waals surface area contributed by atoms with Crippen LogP contribution in [0.4, 0.5) is 11.6 Å². The average Bonchev–Trinajstić information content (AvgIpc) is 2.46. The molecule has 0 saturated carbocycles. The zero-order valence-corrected chi connectivity index (χ0v) is 12.1. The number of hydrazine groups is 1. The molecule has 0 aromatic carbocycles. The molecule has 0 aliphatic carbocycles. The topological polar surface area (TPSA) is 114 Å². The van der Waals surface area contributed by atoms with Crippen molar-refractivity contribution in [2.45, 2.75) is 26.3 Å². The van der Waals surface area contributed by atoms with Gasteiger partial charge in [-0.2, -0.15) is 0 Å². The van der Waals surface area contributed by atoms with Gasteiger partial charge in [-0.1, -0.05) is 6.92 Å². The summed E-state index contributed by atoms with van der Waals surface area (Å²) in [5, 5.41) is 5.82. The summed E-state index contributed by atoms with van der Waals surface area (Å²) in [5.74, 6) is 6.44. The lowest BCUT2D eigenvalue weighted by Crippen LogP contribution is -2.39. The second-order valence-corrected chi connectivity index (χ2v) is 4.20. The lowest BCUT2D eigenvalue weighted by atomic mass is 10.2. The van der Waals surface area contributed by atoms with Crippen LogP contribution in [0.15, 0.2) is 6.33 Å². The third-order valence-corrected chi connectivity index (χ3v) is 2.79. The number of nitrogen functional groups attached to an aromatic ring is 1. The molecule has 1 heterocycles. The van der Waals surface area contributed by atoms with E-state index in [0.717, 1.165) is 5.56 Å². The molecule has 1 rings (SSSR count). The number of hydrogen-bond acceptors (Lipinski definition) is 7. The van der Waals surface area contributed by atoms with Gasteiger partial charge >= 0.3 is 0 Å². The molecule has 8 nitrogen and oxygen atoms in total. The van der Waals surface area contributed by atoms with Crippen molar-refractivity contribution < 1.29 is 9.53 Å². The van der Waals surface area contributed by atoms with E-state index in [1.165, 1.54) is 6.33 Å². The van der Waals surface area contributed by atoms with E-state index < -0.39 is 6.04 Å². The monoisotopic (exact) mass is 282 g/mol. The van der Waals surface area contributed by atoms with Crippen molar-refractivity contribution in [3.05, 3.63) is 11.9 Å². The highest BCUT2D eigenvalue weighted by atomic mass is 16.5. The molecular weight excluding hydrogens is 260 g/mol. The Kier molecular flexibility index (Phi) is 6.68. The zero-order chi connectivity index (χ0) is 15.0. The number of nitrogens with two attached hydrogens (primary N) is 1. The first-order chi connectivity index (χ1) is 9.63. The molecular formula is C12H22N6O2. The molecule has 0 fully saturated rings. The van der Waals surface area contributed by atoms with Crippen molar-refractivity contribution in [2.75, 3.05) is 31.0 Å². The van der Waals surface area contributed by atoms with Gasteiger partial charge in [0.05, 0.1) is 6.61 Å². The van der Waals surface area contributed by atoms with Gasteiger partial charge in [0.15, 0.2) is 0 Å². The fraction of sp³-hybridized carbons (Fsp3) is 0.583. The number of ether oxygens (including phenoxy) is 1. The molecule has 1 amide bonds. The van der Waals surface area contributed by atoms with Crippen molar-refractivity contribution in [1.29, 1.82) is 0 Å². The summed E-state index contributed by atoms with van der Waals surface area (Å²) in [7, 11) is 1.59. The normalized spacial score (nSPS) is 11.8. The van der Waals surface area contributed by atoms with Crippen LogP contribution in [-0.2, 0) is 16.0 Å². The third kappa shape index (κ3) is 4.32. The van der Waals surface area contributed by atoms with E-state index in [2.05, 4.69) is 26.0 Å². The number of nitrogens with one attached hydrogen (secondary N) is 3. The van der Waals surface area contributed by atoms with E-state index in [9.17, 15) is 4.79 Å². The van der Waals surface area contributed by atoms with Gasteiger partial charge in [0.2, 0.25) is 5.91 Å². The first-order valence-corrected chi connectivity index (χ1v) is 6.47. The molecule has 5 N–H and O–H groups in total. The summed E-state index contributed by atoms with van der Waals surface area (Å²) in [4.78, 5) is 20.1. The molecule has 0 bridgehead atoms. The molecule has 0 saturated heterocycles. The van der Waals surface area contributed by atoms with E-state index in [1.54, 1.807) is 14.0 Å². The van der Waals surface area contributed by atoms with Crippen LogP contribution < -0.4 is 21.9 Å². The molecule has 0 aliphatic rings. The first kappa shape index (κ1) is 16.1. The van der Waals surface area contributed by atoms with Crippen LogP contribution in [0.5, 0.6) is 0 Å². The standard InChI is InChI=1S/C12H22N6O2/c1-4-9-10(15-7-16-11(9)18-13)17-8(2)12(19)14-5-6-20-3/h7-8H,4-6,13H2,1-3H3,(H,14,19)(H2,15,16,17,18). The SMILES string of the molecule is CCc1c(NN)ncnc1NC(C)C(=O)NCCOC. The average molecular weight is 282 g/mol. The molecule has 0 radical (unpaired) electrons. The number of methoxy groups -OCH3 is 1. The number of amides is 1. The number of carbonyl (C=O) groups excluding carboxylic acids is 1. The van der Waals surface area contributed by atoms with Crippen molar-refractivity contribution in [2.24, 2.45) is 5.84 Å². The number of carbonyl (C=O) groups is 1. The van der Waals surface area contributed by atoms with Crippen LogP contribution in [-0.4, -0.2) is 42.2 Å². The van der Waals surface area contributed by atoms with E-state index >= 15 is 0 Å². The maximum Gasteiger partial charge on any atom is 0.242 e. The highest BCUT2D eigenvalue weighted by molar-refractivity contribution is 5.84. The van der Waals surface area contributed by atoms with Gasteiger partial charge in [0, 0.05) is 19.2 Å². The maximum atomic E-state index is 11.9. The Hall–Kier alpha value is -1.93. The van der Waals surface area contributed by atoms with Crippen molar-refractivity contribution in [1.82, 2.24) is 15.3 Å². The van der Waals surface area contributed by atoms with Crippen molar-refractivity contribution in [3.8, 4) is 0 Å². The summed E-state index contributed by atoms with van der Waals surface area (Å²) >= 11 is 0. The minimum absolute atomic E-state index is 0.120. The molecule has 0 aliphatic heterocycles. The number of anilines is 2. The predicted molar refractivity (Wildman–Crippen MR) is 77.2 cm³/mol. The number of rotatable bonds is 8. The van der Waals surface area contributed by atoms with Gasteiger partial charge in [-0.15, -0.1) is 0 Å². The lowest BCUT2D eigenvalue weighted by molar-refractivity contribution is -0.121. The van der Waals surface area contributed by atoms with E-state index in [1.807, 2.05) is 6.92 Å². The lowest BCUT2D eigenvalue weighted by Gasteiger charge is -2.17. The molecule has 1 atom stereocenters. The van der Waals surface area contributed by atoms with Crippen LogP contribution in [0, 0.1) is 0 Å². The van der Waals surface area contributed by atoms with Crippen molar-refractivity contribution in [3.63, 3.8) is 0 Å². The molecule has 8 heteroatoms. The van der Waals surface area contributed by atoms with Crippen LogP contribution >= 0.6 is 0 Å². The first-order valence-electron chi connectivity index (χ1n) is 6.47. The molecule has 1 aromatic heterocycles. The summed E-state index contributed by atoms with van der Waals surface area (Å²) in [5.41, 5.74) is 3.36. The van der Waals surface area contributed by atoms with Gasteiger partial charge in [-0.25, -0.2) is 15.8 Å². The van der Waals surface area contributed by atoms with Gasteiger partial charge in [-0.05, 0) is 13.3 Å². The minimum atomic E-state index is -0.419. The smallest absolute Gasteiger partial charge is 0.242 e. The number of hydrogen-bond donors (Lipinski definition) is 4. The molecule has 0 spiro atoms. The Labute approximate surface area is 118 Å². The van der Waals surface area contributed by atoms with Crippen LogP contribution in [0.25, 0.3) is 0 Å². The maximum absolute atomic E-state index is 11.9. The molecule has 20 heavy (non-hydrogen) atoms. The Morgan fingerprint density at radius 1 is 1.45 bits per heavy atom. The van der Waals surface area contributed by atoms with Crippen molar-refractivity contribution >= 4 is 17.5 Å². The second kappa shape index (κ2) is 8.28. The van der Waals surface area contributed by atoms with Gasteiger partial charge in [0.25, 0.3) is 0 Å². The van der Waals surface area contributed by atoms with Gasteiger partial charge in [-0.3, -0.25) is 4.79 Å². The second-order valence-electron chi connectivity index (χ2n) is 4.20. The number of aromatic nitrogens is 2. The minimum Gasteiger partial charge on any atom is -0.383 e. The van der Waals surface area contributed by atoms with E-state index in [-0.39, 0.29) is 5.91 Å². The van der Waals surface area contributed by atoms with Crippen LogP contribution in [0.1, 0.15) is 19.4 Å². The largest absolute Gasteiger partial charge is 0.383 e.